The van der Waals surface area contributed by atoms with Gasteiger partial charge in [0.05, 0.1) is 10.6 Å². The summed E-state index contributed by atoms with van der Waals surface area (Å²) in [6.07, 6.45) is 0.750. The first kappa shape index (κ1) is 29.9. The number of nitrogens with zero attached hydrogens (tertiary/aromatic N) is 2. The van der Waals surface area contributed by atoms with Gasteiger partial charge in [0.25, 0.3) is 10.0 Å². The predicted molar refractivity (Wildman–Crippen MR) is 156 cm³/mol. The van der Waals surface area contributed by atoms with Gasteiger partial charge in [0.1, 0.15) is 12.6 Å². The molecule has 0 aliphatic heterocycles. The first-order valence-corrected chi connectivity index (χ1v) is 14.7. The van der Waals surface area contributed by atoms with Gasteiger partial charge in [0, 0.05) is 12.6 Å². The van der Waals surface area contributed by atoms with E-state index < -0.39 is 28.5 Å². The number of aryl methyl sites for hydroxylation is 3. The predicted octanol–water partition coefficient (Wildman–Crippen LogP) is 5.14. The Balaban J connectivity index is 2.06. The summed E-state index contributed by atoms with van der Waals surface area (Å²) in [6, 6.07) is 20.3. The van der Waals surface area contributed by atoms with Crippen molar-refractivity contribution in [2.24, 2.45) is 0 Å². The molecular formula is C31H39N3O4S. The Bertz CT molecular complexity index is 1410. The highest BCUT2D eigenvalue weighted by atomic mass is 32.2. The van der Waals surface area contributed by atoms with Crippen LogP contribution in [0.25, 0.3) is 0 Å². The summed E-state index contributed by atoms with van der Waals surface area (Å²) in [5, 5.41) is 2.96. The van der Waals surface area contributed by atoms with Crippen LogP contribution in [0, 0.1) is 20.8 Å². The van der Waals surface area contributed by atoms with Crippen molar-refractivity contribution in [1.29, 1.82) is 0 Å². The molecule has 0 heterocycles. The molecule has 0 aliphatic carbocycles. The largest absolute Gasteiger partial charge is 0.352 e. The summed E-state index contributed by atoms with van der Waals surface area (Å²) >= 11 is 0. The summed E-state index contributed by atoms with van der Waals surface area (Å²) < 4.78 is 29.0. The van der Waals surface area contributed by atoms with E-state index in [9.17, 15) is 18.0 Å². The molecule has 3 aromatic rings. The third-order valence-electron chi connectivity index (χ3n) is 7.00. The van der Waals surface area contributed by atoms with Crippen LogP contribution in [0.5, 0.6) is 0 Å². The monoisotopic (exact) mass is 549 g/mol. The van der Waals surface area contributed by atoms with Crippen LogP contribution in [0.4, 0.5) is 5.69 Å². The van der Waals surface area contributed by atoms with Crippen LogP contribution in [-0.4, -0.2) is 43.8 Å². The van der Waals surface area contributed by atoms with Gasteiger partial charge in [-0.3, -0.25) is 13.9 Å². The van der Waals surface area contributed by atoms with E-state index >= 15 is 0 Å². The second-order valence-corrected chi connectivity index (χ2v) is 11.9. The Labute approximate surface area is 232 Å². The molecule has 2 atom stereocenters. The fraction of sp³-hybridized carbons (Fsp3) is 0.355. The summed E-state index contributed by atoms with van der Waals surface area (Å²) in [6.45, 7) is 11.0. The number of carbonyl (C=O) groups excluding carboxylic acids is 2. The van der Waals surface area contributed by atoms with E-state index in [1.165, 1.54) is 17.0 Å². The number of hydrogen-bond donors (Lipinski definition) is 1. The molecule has 0 aromatic heterocycles. The molecule has 0 radical (unpaired) electrons. The Hall–Kier alpha value is -3.65. The molecule has 8 heteroatoms. The van der Waals surface area contributed by atoms with Crippen molar-refractivity contribution >= 4 is 27.5 Å². The Morgan fingerprint density at radius 3 is 2.13 bits per heavy atom. The minimum atomic E-state index is -4.08. The quantitative estimate of drug-likeness (QED) is 0.359. The number of sulfonamides is 1. The smallest absolute Gasteiger partial charge is 0.264 e. The average molecular weight is 550 g/mol. The number of anilines is 1. The van der Waals surface area contributed by atoms with E-state index in [4.69, 9.17) is 0 Å². The number of benzene rings is 3. The number of carbonyl (C=O) groups is 2. The minimum absolute atomic E-state index is 0.0551. The van der Waals surface area contributed by atoms with Crippen molar-refractivity contribution in [1.82, 2.24) is 10.2 Å². The number of amides is 2. The highest BCUT2D eigenvalue weighted by Crippen LogP contribution is 2.28. The maximum absolute atomic E-state index is 14.0. The topological polar surface area (TPSA) is 86.8 Å². The molecule has 0 saturated carbocycles. The summed E-state index contributed by atoms with van der Waals surface area (Å²) in [5.74, 6) is -0.750. The molecule has 0 saturated heterocycles. The SMILES string of the molecule is CC[C@@H](C)NC(=O)[C@@H](C)N(Cc1ccccc1C)C(=O)CN(c1ccc(C)cc1C)S(=O)(=O)c1ccccc1. The molecule has 3 rings (SSSR count). The van der Waals surface area contributed by atoms with Crippen molar-refractivity contribution in [2.75, 3.05) is 10.8 Å². The number of hydrogen-bond acceptors (Lipinski definition) is 4. The maximum Gasteiger partial charge on any atom is 0.264 e. The molecule has 0 spiro atoms. The van der Waals surface area contributed by atoms with Crippen LogP contribution in [0.15, 0.2) is 77.7 Å². The van der Waals surface area contributed by atoms with Crippen molar-refractivity contribution in [3.05, 3.63) is 95.1 Å². The second-order valence-electron chi connectivity index (χ2n) is 10.1. The summed E-state index contributed by atoms with van der Waals surface area (Å²) in [4.78, 5) is 28.8. The Morgan fingerprint density at radius 1 is 0.872 bits per heavy atom. The van der Waals surface area contributed by atoms with Gasteiger partial charge < -0.3 is 10.2 Å². The van der Waals surface area contributed by atoms with Crippen molar-refractivity contribution < 1.29 is 18.0 Å². The van der Waals surface area contributed by atoms with Crippen molar-refractivity contribution in [3.63, 3.8) is 0 Å². The van der Waals surface area contributed by atoms with Gasteiger partial charge in [-0.1, -0.05) is 67.1 Å². The van der Waals surface area contributed by atoms with Gasteiger partial charge in [-0.15, -0.1) is 0 Å². The van der Waals surface area contributed by atoms with Gasteiger partial charge in [-0.25, -0.2) is 8.42 Å². The number of nitrogens with one attached hydrogen (secondary N) is 1. The van der Waals surface area contributed by atoms with E-state index in [1.807, 2.05) is 71.0 Å². The average Bonchev–Trinajstić information content (AvgIpc) is 2.91. The molecule has 0 unspecified atom stereocenters. The lowest BCUT2D eigenvalue weighted by atomic mass is 10.1. The molecule has 208 valence electrons. The summed E-state index contributed by atoms with van der Waals surface area (Å²) in [5.41, 5.74) is 4.00. The minimum Gasteiger partial charge on any atom is -0.352 e. The van der Waals surface area contributed by atoms with Crippen LogP contribution in [0.2, 0.25) is 0 Å². The lowest BCUT2D eigenvalue weighted by Crippen LogP contribution is -2.52. The first-order valence-electron chi connectivity index (χ1n) is 13.2. The van der Waals surface area contributed by atoms with Crippen LogP contribution in [0.3, 0.4) is 0 Å². The Morgan fingerprint density at radius 2 is 1.51 bits per heavy atom. The fourth-order valence-electron chi connectivity index (χ4n) is 4.34. The molecule has 1 N–H and O–H groups in total. The lowest BCUT2D eigenvalue weighted by molar-refractivity contribution is -0.139. The van der Waals surface area contributed by atoms with Crippen molar-refractivity contribution in [2.45, 2.75) is 71.5 Å². The molecule has 0 bridgehead atoms. The van der Waals surface area contributed by atoms with Gasteiger partial charge >= 0.3 is 0 Å². The third-order valence-corrected chi connectivity index (χ3v) is 8.78. The van der Waals surface area contributed by atoms with Gasteiger partial charge in [0.15, 0.2) is 0 Å². The zero-order valence-electron chi connectivity index (χ0n) is 23.6. The molecule has 0 fully saturated rings. The van der Waals surface area contributed by atoms with Crippen LogP contribution in [-0.2, 0) is 26.2 Å². The van der Waals surface area contributed by atoms with E-state index in [2.05, 4.69) is 5.32 Å². The van der Waals surface area contributed by atoms with E-state index in [1.54, 1.807) is 31.2 Å². The highest BCUT2D eigenvalue weighted by Gasteiger charge is 2.33. The van der Waals surface area contributed by atoms with Gasteiger partial charge in [-0.05, 0) is 75.9 Å². The van der Waals surface area contributed by atoms with Crippen LogP contribution in [0.1, 0.15) is 49.4 Å². The summed E-state index contributed by atoms with van der Waals surface area (Å²) in [7, 11) is -4.08. The molecule has 0 aliphatic rings. The lowest BCUT2D eigenvalue weighted by Gasteiger charge is -2.33. The fourth-order valence-corrected chi connectivity index (χ4v) is 5.84. The maximum atomic E-state index is 14.0. The van der Waals surface area contributed by atoms with E-state index in [-0.39, 0.29) is 23.4 Å². The standard InChI is InChI=1S/C31H39N3O4S/c1-7-25(5)32-31(36)26(6)33(20-27-14-12-11-13-23(27)3)30(35)21-34(29-18-17-22(2)19-24(29)4)39(37,38)28-15-9-8-10-16-28/h8-19,25-26H,7,20-21H2,1-6H3,(H,32,36)/t25-,26-/m1/s1. The van der Waals surface area contributed by atoms with Crippen LogP contribution >= 0.6 is 0 Å². The van der Waals surface area contributed by atoms with Crippen LogP contribution < -0.4 is 9.62 Å². The normalized spacial score (nSPS) is 12.9. The first-order chi connectivity index (χ1) is 18.4. The molecule has 3 aromatic carbocycles. The zero-order valence-corrected chi connectivity index (χ0v) is 24.5. The number of rotatable bonds is 11. The van der Waals surface area contributed by atoms with Gasteiger partial charge in [-0.2, -0.15) is 0 Å². The Kier molecular flexibility index (Phi) is 9.92. The molecule has 39 heavy (non-hydrogen) atoms. The van der Waals surface area contributed by atoms with E-state index in [0.717, 1.165) is 33.0 Å². The second kappa shape index (κ2) is 12.9. The van der Waals surface area contributed by atoms with Gasteiger partial charge in [0.2, 0.25) is 11.8 Å². The van der Waals surface area contributed by atoms with Crippen molar-refractivity contribution in [3.8, 4) is 0 Å². The molecular weight excluding hydrogens is 510 g/mol. The third kappa shape index (κ3) is 7.26. The molecule has 2 amide bonds. The highest BCUT2D eigenvalue weighted by molar-refractivity contribution is 7.92. The van der Waals surface area contributed by atoms with E-state index in [0.29, 0.717) is 5.69 Å². The zero-order chi connectivity index (χ0) is 28.7. The molecule has 7 nitrogen and oxygen atoms in total.